The maximum absolute atomic E-state index is 11.1. The number of rotatable bonds is 3. The average molecular weight is 226 g/mol. The van der Waals surface area contributed by atoms with Crippen LogP contribution in [0.4, 0.5) is 0 Å². The van der Waals surface area contributed by atoms with E-state index in [1.165, 1.54) is 0 Å². The van der Waals surface area contributed by atoms with Crippen LogP contribution in [0, 0.1) is 16.7 Å². The van der Waals surface area contributed by atoms with E-state index < -0.39 is 23.3 Å². The molecule has 0 radical (unpaired) electrons. The quantitative estimate of drug-likeness (QED) is 0.723. The lowest BCUT2D eigenvalue weighted by Crippen LogP contribution is -2.36. The first-order valence-corrected chi connectivity index (χ1v) is 5.36. The van der Waals surface area contributed by atoms with Gasteiger partial charge in [-0.1, -0.05) is 26.8 Å². The molecule has 0 saturated heterocycles. The maximum atomic E-state index is 11.1. The van der Waals surface area contributed by atoms with Gasteiger partial charge < -0.3 is 10.2 Å². The molecule has 0 aliphatic heterocycles. The van der Waals surface area contributed by atoms with Crippen LogP contribution in [0.1, 0.15) is 33.6 Å². The molecule has 2 unspecified atom stereocenters. The van der Waals surface area contributed by atoms with E-state index in [1.807, 2.05) is 20.8 Å². The number of aliphatic carboxylic acids is 2. The Hall–Kier alpha value is -1.32. The Morgan fingerprint density at radius 1 is 1.25 bits per heavy atom. The molecule has 1 aliphatic rings. The van der Waals surface area contributed by atoms with Crippen LogP contribution in [0.15, 0.2) is 12.2 Å². The molecule has 2 N–H and O–H groups in total. The third-order valence-electron chi connectivity index (χ3n) is 4.19. The van der Waals surface area contributed by atoms with Crippen molar-refractivity contribution in [3.05, 3.63) is 12.2 Å². The van der Waals surface area contributed by atoms with E-state index in [2.05, 4.69) is 0 Å². The van der Waals surface area contributed by atoms with Gasteiger partial charge >= 0.3 is 11.9 Å². The molecule has 1 fully saturated rings. The van der Waals surface area contributed by atoms with Crippen molar-refractivity contribution >= 4 is 11.9 Å². The van der Waals surface area contributed by atoms with Gasteiger partial charge in [-0.05, 0) is 23.7 Å². The van der Waals surface area contributed by atoms with E-state index >= 15 is 0 Å². The van der Waals surface area contributed by atoms with Gasteiger partial charge in [0.2, 0.25) is 0 Å². The highest BCUT2D eigenvalue weighted by molar-refractivity contribution is 5.80. The van der Waals surface area contributed by atoms with Crippen molar-refractivity contribution in [2.45, 2.75) is 33.6 Å². The van der Waals surface area contributed by atoms with Crippen LogP contribution in [0.25, 0.3) is 0 Å². The molecule has 0 aromatic carbocycles. The number of hydrogen-bond donors (Lipinski definition) is 2. The van der Waals surface area contributed by atoms with Gasteiger partial charge in [0.25, 0.3) is 0 Å². The zero-order valence-electron chi connectivity index (χ0n) is 9.86. The van der Waals surface area contributed by atoms with Crippen molar-refractivity contribution in [3.63, 3.8) is 0 Å². The first kappa shape index (κ1) is 12.7. The zero-order chi connectivity index (χ0) is 12.6. The molecule has 0 bridgehead atoms. The fourth-order valence-corrected chi connectivity index (χ4v) is 2.51. The van der Waals surface area contributed by atoms with Crippen molar-refractivity contribution < 1.29 is 19.8 Å². The summed E-state index contributed by atoms with van der Waals surface area (Å²) in [5.74, 6) is -2.19. The second-order valence-corrected chi connectivity index (χ2v) is 5.24. The molecular formula is C12H18O4. The molecule has 0 aromatic heterocycles. The van der Waals surface area contributed by atoms with Gasteiger partial charge in [0.05, 0.1) is 5.92 Å². The molecule has 1 aliphatic carbocycles. The average Bonchev–Trinajstić information content (AvgIpc) is 2.36. The highest BCUT2D eigenvalue weighted by atomic mass is 16.4. The Kier molecular flexibility index (Phi) is 3.13. The predicted molar refractivity (Wildman–Crippen MR) is 59.0 cm³/mol. The first-order chi connectivity index (χ1) is 7.21. The largest absolute Gasteiger partial charge is 0.481 e. The summed E-state index contributed by atoms with van der Waals surface area (Å²) >= 11 is 0. The summed E-state index contributed by atoms with van der Waals surface area (Å²) in [7, 11) is 0. The van der Waals surface area contributed by atoms with E-state index in [-0.39, 0.29) is 5.41 Å². The minimum atomic E-state index is -0.990. The summed E-state index contributed by atoms with van der Waals surface area (Å²) in [6.07, 6.45) is 4.06. The summed E-state index contributed by atoms with van der Waals surface area (Å²) in [6, 6.07) is 0. The van der Waals surface area contributed by atoms with E-state index in [9.17, 15) is 9.59 Å². The van der Waals surface area contributed by atoms with E-state index in [0.29, 0.717) is 12.8 Å². The molecule has 0 aromatic rings. The summed E-state index contributed by atoms with van der Waals surface area (Å²) < 4.78 is 0. The molecule has 1 rings (SSSR count). The smallest absolute Gasteiger partial charge is 0.327 e. The van der Waals surface area contributed by atoms with Crippen LogP contribution in [-0.2, 0) is 9.59 Å². The lowest BCUT2D eigenvalue weighted by Gasteiger charge is -2.38. The molecule has 16 heavy (non-hydrogen) atoms. The normalized spacial score (nSPS) is 33.1. The van der Waals surface area contributed by atoms with Gasteiger partial charge in [0.1, 0.15) is 0 Å². The summed E-state index contributed by atoms with van der Waals surface area (Å²) in [4.78, 5) is 21.6. The summed E-state index contributed by atoms with van der Waals surface area (Å²) in [5, 5.41) is 17.7. The Labute approximate surface area is 95.0 Å². The lowest BCUT2D eigenvalue weighted by molar-refractivity contribution is -0.145. The van der Waals surface area contributed by atoms with Crippen LogP contribution in [0.2, 0.25) is 0 Å². The van der Waals surface area contributed by atoms with Crippen molar-refractivity contribution in [2.24, 2.45) is 16.7 Å². The molecule has 0 amide bonds. The Balaban J connectivity index is 3.00. The number of carboxylic acids is 2. The molecule has 0 spiro atoms. The lowest BCUT2D eigenvalue weighted by atomic mass is 9.65. The predicted octanol–water partition coefficient (Wildman–Crippen LogP) is 2.15. The van der Waals surface area contributed by atoms with Gasteiger partial charge in [-0.25, -0.2) is 4.79 Å². The standard InChI is InChI=1S/C12H18O4/c1-11(2)8(10(15)16)4-6-12(11,3)7-5-9(13)14/h5,7-8H,4,6H2,1-3H3,(H,13,14)(H,15,16)/b7-5+. The molecule has 4 nitrogen and oxygen atoms in total. The SMILES string of the molecule is CC1(/C=C/C(=O)O)CCC(C(=O)O)C1(C)C. The fraction of sp³-hybridized carbons (Fsp3) is 0.667. The number of hydrogen-bond acceptors (Lipinski definition) is 2. The van der Waals surface area contributed by atoms with E-state index in [4.69, 9.17) is 10.2 Å². The molecule has 2 atom stereocenters. The minimum absolute atomic E-state index is 0.367. The second-order valence-electron chi connectivity index (χ2n) is 5.24. The van der Waals surface area contributed by atoms with Gasteiger partial charge in [-0.2, -0.15) is 0 Å². The first-order valence-electron chi connectivity index (χ1n) is 5.36. The number of carbonyl (C=O) groups is 2. The van der Waals surface area contributed by atoms with Crippen molar-refractivity contribution in [2.75, 3.05) is 0 Å². The zero-order valence-corrected chi connectivity index (χ0v) is 9.86. The third kappa shape index (κ3) is 1.96. The topological polar surface area (TPSA) is 74.6 Å². The monoisotopic (exact) mass is 226 g/mol. The minimum Gasteiger partial charge on any atom is -0.481 e. The molecule has 4 heteroatoms. The highest BCUT2D eigenvalue weighted by Crippen LogP contribution is 2.56. The van der Waals surface area contributed by atoms with Crippen LogP contribution in [0.3, 0.4) is 0 Å². The Morgan fingerprint density at radius 2 is 1.81 bits per heavy atom. The highest BCUT2D eigenvalue weighted by Gasteiger charge is 2.52. The van der Waals surface area contributed by atoms with Gasteiger partial charge in [0, 0.05) is 6.08 Å². The van der Waals surface area contributed by atoms with Crippen molar-refractivity contribution in [1.82, 2.24) is 0 Å². The third-order valence-corrected chi connectivity index (χ3v) is 4.19. The van der Waals surface area contributed by atoms with Crippen LogP contribution in [-0.4, -0.2) is 22.2 Å². The molecule has 1 saturated carbocycles. The van der Waals surface area contributed by atoms with Crippen LogP contribution >= 0.6 is 0 Å². The Bertz CT molecular complexity index is 343. The maximum Gasteiger partial charge on any atom is 0.327 e. The fourth-order valence-electron chi connectivity index (χ4n) is 2.51. The van der Waals surface area contributed by atoms with E-state index in [0.717, 1.165) is 6.08 Å². The van der Waals surface area contributed by atoms with Gasteiger partial charge in [0.15, 0.2) is 0 Å². The van der Waals surface area contributed by atoms with Gasteiger partial charge in [-0.3, -0.25) is 4.79 Å². The molecular weight excluding hydrogens is 208 g/mol. The van der Waals surface area contributed by atoms with Crippen molar-refractivity contribution in [3.8, 4) is 0 Å². The van der Waals surface area contributed by atoms with E-state index in [1.54, 1.807) is 6.08 Å². The van der Waals surface area contributed by atoms with Crippen LogP contribution in [0.5, 0.6) is 0 Å². The molecule has 90 valence electrons. The van der Waals surface area contributed by atoms with Crippen LogP contribution < -0.4 is 0 Å². The van der Waals surface area contributed by atoms with Crippen molar-refractivity contribution in [1.29, 1.82) is 0 Å². The summed E-state index contributed by atoms with van der Waals surface area (Å²) in [5.41, 5.74) is -0.792. The second kappa shape index (κ2) is 3.92. The van der Waals surface area contributed by atoms with Gasteiger partial charge in [-0.15, -0.1) is 0 Å². The number of carboxylic acid groups (broad SMARTS) is 2. The molecule has 0 heterocycles. The number of allylic oxidation sites excluding steroid dienone is 1. The summed E-state index contributed by atoms with van der Waals surface area (Å²) in [6.45, 7) is 5.71. The Morgan fingerprint density at radius 3 is 2.19 bits per heavy atom.